The highest BCUT2D eigenvalue weighted by Crippen LogP contribution is 2.32. The summed E-state index contributed by atoms with van der Waals surface area (Å²) in [5.74, 6) is 0. The molecule has 0 saturated carbocycles. The molecule has 0 aliphatic carbocycles. The molecule has 4 fully saturated rings. The Balaban J connectivity index is 0.000000103. The van der Waals surface area contributed by atoms with Gasteiger partial charge in [-0.2, -0.15) is 0 Å². The van der Waals surface area contributed by atoms with Gasteiger partial charge in [-0.05, 0) is 120 Å². The number of likely N-dealkylation sites (N-methyl/N-ethyl adjacent to an activating group) is 1. The molecule has 16 heterocycles. The molecular weight excluding hydrogens is 1410 g/mol. The van der Waals surface area contributed by atoms with Crippen molar-refractivity contribution in [2.45, 2.75) is 38.8 Å². The van der Waals surface area contributed by atoms with Crippen LogP contribution in [0.4, 0.5) is 22.7 Å². The van der Waals surface area contributed by atoms with E-state index in [-0.39, 0.29) is 22.5 Å². The quantitative estimate of drug-likeness (QED) is 0.120. The van der Waals surface area contributed by atoms with E-state index in [4.69, 9.17) is 17.7 Å². The van der Waals surface area contributed by atoms with Crippen molar-refractivity contribution in [2.75, 3.05) is 118 Å². The lowest BCUT2D eigenvalue weighted by Gasteiger charge is -2.33. The number of benzene rings is 4. The van der Waals surface area contributed by atoms with Gasteiger partial charge in [0.25, 0.3) is 0 Å². The Hall–Kier alpha value is -10.6. The first-order valence-electron chi connectivity index (χ1n) is 35.2. The normalized spacial score (nSPS) is 17.0. The number of imidazole rings is 4. The van der Waals surface area contributed by atoms with Gasteiger partial charge in [0.05, 0.1) is 45.0 Å². The van der Waals surface area contributed by atoms with E-state index in [9.17, 15) is 19.2 Å². The zero-order valence-corrected chi connectivity index (χ0v) is 61.1. The van der Waals surface area contributed by atoms with E-state index in [2.05, 4.69) is 106 Å². The molecule has 2 atom stereocenters. The third kappa shape index (κ3) is 14.3. The number of nitrogens with one attached hydrogen (secondary N) is 3. The van der Waals surface area contributed by atoms with Crippen LogP contribution in [-0.4, -0.2) is 153 Å². The molecule has 28 heteroatoms. The molecule has 20 rings (SSSR count). The van der Waals surface area contributed by atoms with Crippen LogP contribution in [0.3, 0.4) is 0 Å². The van der Waals surface area contributed by atoms with Crippen LogP contribution in [0, 0.1) is 0 Å². The third-order valence-corrected chi connectivity index (χ3v) is 22.7. The number of aromatic nitrogens is 8. The molecule has 24 nitrogen and oxygen atoms in total. The number of fused-ring (bicyclic) bond motifs is 8. The summed E-state index contributed by atoms with van der Waals surface area (Å²) in [5.41, 5.74) is 10.0. The van der Waals surface area contributed by atoms with Crippen molar-refractivity contribution in [1.82, 2.24) is 58.4 Å². The van der Waals surface area contributed by atoms with E-state index in [0.29, 0.717) is 79.4 Å². The Morgan fingerprint density at radius 1 is 0.371 bits per heavy atom. The Morgan fingerprint density at radius 2 is 0.705 bits per heavy atom. The molecule has 0 spiro atoms. The minimum absolute atomic E-state index is 0.346. The van der Waals surface area contributed by atoms with Crippen LogP contribution in [0.5, 0.6) is 0 Å². The molecule has 0 unspecified atom stereocenters. The lowest BCUT2D eigenvalue weighted by Crippen LogP contribution is -2.49. The predicted molar refractivity (Wildman–Crippen MR) is 422 cm³/mol. The minimum Gasteiger partial charge on any atom is -0.422 e. The van der Waals surface area contributed by atoms with E-state index < -0.39 is 0 Å². The highest BCUT2D eigenvalue weighted by molar-refractivity contribution is 7.16. The molecule has 16 aromatic rings. The van der Waals surface area contributed by atoms with Crippen LogP contribution >= 0.6 is 45.3 Å². The van der Waals surface area contributed by atoms with Gasteiger partial charge in [-0.25, -0.2) is 39.1 Å². The smallest absolute Gasteiger partial charge is 0.345 e. The Morgan fingerprint density at radius 3 is 1.06 bits per heavy atom. The lowest BCUT2D eigenvalue weighted by atomic mass is 10.1. The van der Waals surface area contributed by atoms with E-state index in [1.807, 2.05) is 161 Å². The number of piperazine rings is 2. The highest BCUT2D eigenvalue weighted by Gasteiger charge is 2.23. The molecule has 105 heavy (non-hydrogen) atoms. The van der Waals surface area contributed by atoms with Gasteiger partial charge in [0.15, 0.2) is 19.8 Å². The fourth-order valence-electron chi connectivity index (χ4n) is 14.1. The second-order valence-electron chi connectivity index (χ2n) is 26.9. The number of rotatable bonds is 8. The SMILES string of the molecule is CN1CCCN(c2ccc3cc(-c4cn5ccsc5n4)c(=O)oc3c2)CC1.C[C@@H]1CN(c2ccc3cc(-c4cn5ccsc5n4)c(=O)oc3c2)CCN1.C[C@H]1CN(c2ccc3cc(-c4cn5ccsc5n4)c(=O)oc3c2)CCN1.O=c1oc2cc(N3CCCNCC3)ccc2cc1-c1cn2ccsc2n1. The fourth-order valence-corrected chi connectivity index (χ4v) is 16.9. The van der Waals surface area contributed by atoms with Gasteiger partial charge in [0.2, 0.25) is 0 Å². The minimum atomic E-state index is -0.353. The topological polar surface area (TPSA) is 242 Å². The van der Waals surface area contributed by atoms with E-state index in [0.717, 1.165) is 169 Å². The summed E-state index contributed by atoms with van der Waals surface area (Å²) < 4.78 is 30.2. The van der Waals surface area contributed by atoms with E-state index >= 15 is 0 Å². The molecule has 3 N–H and O–H groups in total. The number of hydrogen-bond donors (Lipinski definition) is 3. The maximum atomic E-state index is 12.6. The van der Waals surface area contributed by atoms with Crippen LogP contribution in [0.1, 0.15) is 26.7 Å². The molecule has 0 radical (unpaired) electrons. The fraction of sp³-hybridized carbons (Fsp3) is 0.273. The maximum absolute atomic E-state index is 12.6. The molecule has 0 bridgehead atoms. The van der Waals surface area contributed by atoms with Crippen molar-refractivity contribution in [3.63, 3.8) is 0 Å². The summed E-state index contributed by atoms with van der Waals surface area (Å²) in [5, 5.41) is 21.8. The highest BCUT2D eigenvalue weighted by atomic mass is 32.1. The summed E-state index contributed by atoms with van der Waals surface area (Å²) in [6.45, 7) is 18.2. The first kappa shape index (κ1) is 67.6. The summed E-state index contributed by atoms with van der Waals surface area (Å²) in [7, 11) is 2.16. The van der Waals surface area contributed by atoms with Crippen molar-refractivity contribution in [3.05, 3.63) is 210 Å². The molecule has 4 aliphatic heterocycles. The molecule has 0 amide bonds. The van der Waals surface area contributed by atoms with Crippen LogP contribution in [-0.2, 0) is 0 Å². The van der Waals surface area contributed by atoms with E-state index in [1.54, 1.807) is 22.7 Å². The summed E-state index contributed by atoms with van der Waals surface area (Å²) in [6, 6.07) is 32.8. The molecule has 4 aliphatic rings. The summed E-state index contributed by atoms with van der Waals surface area (Å²) in [4.78, 5) is 83.4. The maximum Gasteiger partial charge on any atom is 0.345 e. The summed E-state index contributed by atoms with van der Waals surface area (Å²) in [6.07, 6.45) is 17.4. The monoisotopic (exact) mass is 1480 g/mol. The van der Waals surface area contributed by atoms with Gasteiger partial charge in [-0.3, -0.25) is 17.6 Å². The van der Waals surface area contributed by atoms with Crippen molar-refractivity contribution in [2.24, 2.45) is 0 Å². The van der Waals surface area contributed by atoms with Crippen molar-refractivity contribution in [3.8, 4) is 45.0 Å². The van der Waals surface area contributed by atoms with Crippen molar-refractivity contribution in [1.29, 1.82) is 0 Å². The van der Waals surface area contributed by atoms with Gasteiger partial charge in [-0.1, -0.05) is 0 Å². The van der Waals surface area contributed by atoms with Crippen LogP contribution < -0.4 is 58.1 Å². The molecular formula is C77H74N16O8S4. The van der Waals surface area contributed by atoms with Gasteiger partial charge < -0.3 is 58.1 Å². The summed E-state index contributed by atoms with van der Waals surface area (Å²) >= 11 is 6.16. The van der Waals surface area contributed by atoms with Gasteiger partial charge in [0.1, 0.15) is 22.3 Å². The number of hydrogen-bond acceptors (Lipinski definition) is 24. The van der Waals surface area contributed by atoms with Gasteiger partial charge in [-0.15, -0.1) is 45.3 Å². The Labute approximate surface area is 615 Å². The van der Waals surface area contributed by atoms with Crippen LogP contribution in [0.2, 0.25) is 0 Å². The number of anilines is 4. The molecule has 4 saturated heterocycles. The molecule has 4 aromatic carbocycles. The van der Waals surface area contributed by atoms with Gasteiger partial charge in [0, 0.05) is 230 Å². The van der Waals surface area contributed by atoms with E-state index in [1.165, 1.54) is 22.7 Å². The Bertz CT molecular complexity index is 5580. The number of thiazole rings is 4. The van der Waals surface area contributed by atoms with Crippen LogP contribution in [0.25, 0.3) is 109 Å². The number of nitrogens with zero attached hydrogens (tertiary/aromatic N) is 13. The average molecular weight is 1480 g/mol. The molecule has 12 aromatic heterocycles. The van der Waals surface area contributed by atoms with Gasteiger partial charge >= 0.3 is 22.5 Å². The largest absolute Gasteiger partial charge is 0.422 e. The third-order valence-electron chi connectivity index (χ3n) is 19.6. The average Bonchev–Trinajstić information content (AvgIpc) is 1.72. The second kappa shape index (κ2) is 29.2. The first-order chi connectivity index (χ1) is 51.3. The van der Waals surface area contributed by atoms with Crippen LogP contribution in [0.15, 0.2) is 205 Å². The van der Waals surface area contributed by atoms with Crippen molar-refractivity contribution < 1.29 is 17.7 Å². The van der Waals surface area contributed by atoms with Crippen molar-refractivity contribution >= 4 is 132 Å². The zero-order chi connectivity index (χ0) is 71.2. The lowest BCUT2D eigenvalue weighted by molar-refractivity contribution is 0.360. The second-order valence-corrected chi connectivity index (χ2v) is 30.4. The standard InChI is InChI=1S/C20H20N4O2S.3C19H18N4O2S/c1-22-5-2-6-23(8-7-22)15-4-3-14-11-16(19(25)26-18(14)12-15)17-13-24-9-10-27-20(24)21-17;2*1-12-10-22(5-4-20-12)14-3-2-13-8-15(18(24)25-17(13)9-14)16-11-23-6-7-26-19(23)21-16;24-18-15(16-12-23-8-9-26-19(23)21-16)10-13-2-3-14(11-17(13)25-18)22-6-1-4-20-5-7-22/h3-4,9-13H,2,5-8H2,1H3;2*2-3,6-9,11-12,20H,4-5,10H2,1H3;2-3,8-12,20H,1,4-7H2/t;2*12-;/m.10./s1. The first-order valence-corrected chi connectivity index (χ1v) is 38.7. The zero-order valence-electron chi connectivity index (χ0n) is 57.8. The molecule has 534 valence electrons. The predicted octanol–water partition coefficient (Wildman–Crippen LogP) is 12.2. The Kier molecular flexibility index (Phi) is 18.8.